The van der Waals surface area contributed by atoms with E-state index in [1.54, 1.807) is 31.2 Å². The second-order valence-electron chi connectivity index (χ2n) is 4.28. The Hall–Kier alpha value is -1.65. The Balaban J connectivity index is 1.88. The summed E-state index contributed by atoms with van der Waals surface area (Å²) in [5, 5.41) is 2.70. The van der Waals surface area contributed by atoms with Crippen molar-refractivity contribution in [3.05, 3.63) is 62.6 Å². The van der Waals surface area contributed by atoms with E-state index in [0.29, 0.717) is 16.4 Å². The van der Waals surface area contributed by atoms with E-state index in [9.17, 15) is 9.18 Å². The predicted octanol–water partition coefficient (Wildman–Crippen LogP) is 4.18. The van der Waals surface area contributed by atoms with E-state index >= 15 is 0 Å². The van der Waals surface area contributed by atoms with Gasteiger partial charge in [0, 0.05) is 17.5 Å². The summed E-state index contributed by atoms with van der Waals surface area (Å²) in [7, 11) is 0. The summed E-state index contributed by atoms with van der Waals surface area (Å²) in [5.41, 5.74) is 1.32. The van der Waals surface area contributed by atoms with E-state index in [0.717, 1.165) is 10.4 Å². The number of hydrogen-bond acceptors (Lipinski definition) is 2. The van der Waals surface area contributed by atoms with Gasteiger partial charge in [0.25, 0.3) is 0 Å². The van der Waals surface area contributed by atoms with Crippen LogP contribution in [0.2, 0.25) is 4.34 Å². The van der Waals surface area contributed by atoms with Crippen LogP contribution in [0.5, 0.6) is 0 Å². The quantitative estimate of drug-likeness (QED) is 0.843. The molecular formula is C15H13ClFNOS. The van der Waals surface area contributed by atoms with Crippen LogP contribution in [0.3, 0.4) is 0 Å². The Bertz CT molecular complexity index is 651. The Kier molecular flexibility index (Phi) is 4.93. The lowest BCUT2D eigenvalue weighted by molar-refractivity contribution is -0.116. The molecule has 1 aromatic carbocycles. The lowest BCUT2D eigenvalue weighted by Gasteiger charge is -2.04. The molecule has 2 aromatic rings. The maximum Gasteiger partial charge on any atom is 0.244 e. The molecule has 0 bridgehead atoms. The fourth-order valence-electron chi connectivity index (χ4n) is 1.57. The molecule has 0 fully saturated rings. The molecule has 0 aliphatic rings. The minimum Gasteiger partial charge on any atom is -0.348 e. The van der Waals surface area contributed by atoms with Gasteiger partial charge in [-0.2, -0.15) is 0 Å². The molecule has 0 saturated heterocycles. The van der Waals surface area contributed by atoms with Gasteiger partial charge in [0.2, 0.25) is 5.91 Å². The van der Waals surface area contributed by atoms with Gasteiger partial charge in [-0.1, -0.05) is 23.7 Å². The zero-order valence-electron chi connectivity index (χ0n) is 10.8. The lowest BCUT2D eigenvalue weighted by Crippen LogP contribution is -2.20. The molecule has 2 rings (SSSR count). The zero-order valence-corrected chi connectivity index (χ0v) is 12.4. The highest BCUT2D eigenvalue weighted by Crippen LogP contribution is 2.22. The summed E-state index contributed by atoms with van der Waals surface area (Å²) < 4.78 is 14.0. The predicted molar refractivity (Wildman–Crippen MR) is 81.3 cm³/mol. The van der Waals surface area contributed by atoms with E-state index in [2.05, 4.69) is 5.32 Å². The Labute approximate surface area is 125 Å². The van der Waals surface area contributed by atoms with Gasteiger partial charge in [-0.15, -0.1) is 11.3 Å². The summed E-state index contributed by atoms with van der Waals surface area (Å²) in [6.07, 6.45) is 3.13. The molecule has 0 radical (unpaired) electrons. The summed E-state index contributed by atoms with van der Waals surface area (Å²) in [6, 6.07) is 8.53. The lowest BCUT2D eigenvalue weighted by atomic mass is 10.1. The first-order chi connectivity index (χ1) is 9.54. The van der Waals surface area contributed by atoms with Gasteiger partial charge < -0.3 is 5.32 Å². The topological polar surface area (TPSA) is 29.1 Å². The largest absolute Gasteiger partial charge is 0.348 e. The molecule has 0 saturated carbocycles. The van der Waals surface area contributed by atoms with Crippen LogP contribution in [0.1, 0.15) is 16.0 Å². The molecule has 5 heteroatoms. The van der Waals surface area contributed by atoms with Gasteiger partial charge in [0.05, 0.1) is 4.34 Å². The number of thiophene rings is 1. The third-order valence-corrected chi connectivity index (χ3v) is 3.89. The van der Waals surface area contributed by atoms with Gasteiger partial charge in [0.15, 0.2) is 0 Å². The molecule has 0 spiro atoms. The van der Waals surface area contributed by atoms with Crippen LogP contribution in [-0.2, 0) is 11.3 Å². The van der Waals surface area contributed by atoms with Crippen LogP contribution < -0.4 is 5.32 Å². The third-order valence-electron chi connectivity index (χ3n) is 2.70. The first kappa shape index (κ1) is 14.8. The number of carbonyl (C=O) groups is 1. The standard InChI is InChI=1S/C15H13ClFNOS/c1-10-2-3-11(8-13(10)17)9-18-15(19)7-5-12-4-6-14(16)20-12/h2-8H,9H2,1H3,(H,18,19)/b7-5+. The van der Waals surface area contributed by atoms with Crippen LogP contribution in [0, 0.1) is 12.7 Å². The normalized spacial score (nSPS) is 10.9. The van der Waals surface area contributed by atoms with Crippen LogP contribution in [-0.4, -0.2) is 5.91 Å². The summed E-state index contributed by atoms with van der Waals surface area (Å²) in [6.45, 7) is 2.00. The Morgan fingerprint density at radius 2 is 2.20 bits per heavy atom. The van der Waals surface area contributed by atoms with Crippen molar-refractivity contribution in [3.8, 4) is 0 Å². The van der Waals surface area contributed by atoms with Crippen LogP contribution in [0.4, 0.5) is 4.39 Å². The summed E-state index contributed by atoms with van der Waals surface area (Å²) >= 11 is 7.19. The van der Waals surface area contributed by atoms with Crippen molar-refractivity contribution in [2.24, 2.45) is 0 Å². The number of hydrogen-bond donors (Lipinski definition) is 1. The number of halogens is 2. The Morgan fingerprint density at radius 1 is 1.40 bits per heavy atom. The maximum atomic E-state index is 13.3. The highest BCUT2D eigenvalue weighted by Gasteiger charge is 2.01. The molecule has 20 heavy (non-hydrogen) atoms. The van der Waals surface area contributed by atoms with E-state index in [4.69, 9.17) is 11.6 Å². The van der Waals surface area contributed by atoms with Crippen LogP contribution in [0.15, 0.2) is 36.4 Å². The van der Waals surface area contributed by atoms with Crippen molar-refractivity contribution in [3.63, 3.8) is 0 Å². The summed E-state index contributed by atoms with van der Waals surface area (Å²) in [5.74, 6) is -0.490. The average molecular weight is 310 g/mol. The van der Waals surface area contributed by atoms with Gasteiger partial charge in [-0.25, -0.2) is 4.39 Å². The zero-order chi connectivity index (χ0) is 14.5. The molecule has 1 aromatic heterocycles. The van der Waals surface area contributed by atoms with Gasteiger partial charge in [-0.05, 0) is 42.3 Å². The second kappa shape index (κ2) is 6.68. The second-order valence-corrected chi connectivity index (χ2v) is 6.02. The van der Waals surface area contributed by atoms with Crippen molar-refractivity contribution >= 4 is 34.9 Å². The highest BCUT2D eigenvalue weighted by molar-refractivity contribution is 7.17. The van der Waals surface area contributed by atoms with Crippen molar-refractivity contribution in [1.82, 2.24) is 5.32 Å². The molecule has 104 valence electrons. The molecule has 1 amide bonds. The van der Waals surface area contributed by atoms with Crippen LogP contribution in [0.25, 0.3) is 6.08 Å². The van der Waals surface area contributed by atoms with Gasteiger partial charge in [0.1, 0.15) is 5.82 Å². The van der Waals surface area contributed by atoms with Crippen LogP contribution >= 0.6 is 22.9 Å². The average Bonchev–Trinajstić information content (AvgIpc) is 2.83. The number of aryl methyl sites for hydroxylation is 1. The smallest absolute Gasteiger partial charge is 0.244 e. The van der Waals surface area contributed by atoms with E-state index < -0.39 is 0 Å². The van der Waals surface area contributed by atoms with Gasteiger partial charge >= 0.3 is 0 Å². The molecule has 1 N–H and O–H groups in total. The molecule has 2 nitrogen and oxygen atoms in total. The molecular weight excluding hydrogens is 297 g/mol. The fraction of sp³-hybridized carbons (Fsp3) is 0.133. The minimum absolute atomic E-state index is 0.226. The van der Waals surface area contributed by atoms with Crippen molar-refractivity contribution in [2.75, 3.05) is 0 Å². The third kappa shape index (κ3) is 4.18. The first-order valence-electron chi connectivity index (χ1n) is 6.01. The first-order valence-corrected chi connectivity index (χ1v) is 7.20. The molecule has 0 atom stereocenters. The monoisotopic (exact) mass is 309 g/mol. The number of benzene rings is 1. The summed E-state index contributed by atoms with van der Waals surface area (Å²) in [4.78, 5) is 12.5. The number of nitrogens with one attached hydrogen (secondary N) is 1. The van der Waals surface area contributed by atoms with E-state index in [-0.39, 0.29) is 11.7 Å². The fourth-order valence-corrected chi connectivity index (χ4v) is 2.53. The van der Waals surface area contributed by atoms with Crippen molar-refractivity contribution < 1.29 is 9.18 Å². The number of amides is 1. The van der Waals surface area contributed by atoms with Crippen molar-refractivity contribution in [2.45, 2.75) is 13.5 Å². The van der Waals surface area contributed by atoms with Crippen molar-refractivity contribution in [1.29, 1.82) is 0 Å². The number of rotatable bonds is 4. The number of carbonyl (C=O) groups excluding carboxylic acids is 1. The SMILES string of the molecule is Cc1ccc(CNC(=O)/C=C/c2ccc(Cl)s2)cc1F. The molecule has 0 aliphatic carbocycles. The van der Waals surface area contributed by atoms with E-state index in [1.807, 2.05) is 6.07 Å². The molecule has 0 unspecified atom stereocenters. The molecule has 1 heterocycles. The Morgan fingerprint density at radius 3 is 2.85 bits per heavy atom. The van der Waals surface area contributed by atoms with E-state index in [1.165, 1.54) is 23.5 Å². The molecule has 0 aliphatic heterocycles. The van der Waals surface area contributed by atoms with Gasteiger partial charge in [-0.3, -0.25) is 4.79 Å². The minimum atomic E-state index is -0.263. The maximum absolute atomic E-state index is 13.3. The highest BCUT2D eigenvalue weighted by atomic mass is 35.5.